The van der Waals surface area contributed by atoms with Crippen molar-refractivity contribution >= 4 is 17.8 Å². The zero-order valence-electron chi connectivity index (χ0n) is 11.4. The van der Waals surface area contributed by atoms with E-state index in [1.807, 2.05) is 0 Å². The molecular weight excluding hydrogens is 274 g/mol. The lowest BCUT2D eigenvalue weighted by Crippen LogP contribution is -2.25. The minimum Gasteiger partial charge on any atom is -0.459 e. The van der Waals surface area contributed by atoms with Gasteiger partial charge in [-0.05, 0) is 43.9 Å². The van der Waals surface area contributed by atoms with E-state index in [0.717, 1.165) is 32.1 Å². The van der Waals surface area contributed by atoms with Crippen LogP contribution in [-0.4, -0.2) is 34.2 Å². The fourth-order valence-corrected chi connectivity index (χ4v) is 2.76. The number of hydrogen-bond acceptors (Lipinski definition) is 5. The maximum absolute atomic E-state index is 12.1. The average molecular weight is 289 g/mol. The van der Waals surface area contributed by atoms with Gasteiger partial charge in [0.15, 0.2) is 0 Å². The van der Waals surface area contributed by atoms with E-state index in [1.54, 1.807) is 0 Å². The van der Waals surface area contributed by atoms with Gasteiger partial charge in [0.1, 0.15) is 6.10 Å². The van der Waals surface area contributed by atoms with E-state index in [4.69, 9.17) is 4.74 Å². The first-order valence-electron chi connectivity index (χ1n) is 7.00. The summed E-state index contributed by atoms with van der Waals surface area (Å²) in [5.74, 6) is -2.09. The van der Waals surface area contributed by atoms with Gasteiger partial charge < -0.3 is 4.74 Å². The molecular formula is C15H15NO5. The Morgan fingerprint density at radius 2 is 1.76 bits per heavy atom. The molecule has 1 aromatic carbocycles. The lowest BCUT2D eigenvalue weighted by molar-refractivity contribution is -0.0327. The summed E-state index contributed by atoms with van der Waals surface area (Å²) in [6.07, 6.45) is 4.90. The number of amides is 2. The number of benzene rings is 1. The van der Waals surface area contributed by atoms with Crippen LogP contribution in [0.1, 0.15) is 63.2 Å². The van der Waals surface area contributed by atoms with Crippen molar-refractivity contribution in [3.8, 4) is 0 Å². The summed E-state index contributed by atoms with van der Waals surface area (Å²) in [4.78, 5) is 35.3. The fraction of sp³-hybridized carbons (Fsp3) is 0.400. The van der Waals surface area contributed by atoms with E-state index in [1.165, 1.54) is 18.2 Å². The van der Waals surface area contributed by atoms with Gasteiger partial charge in [0, 0.05) is 0 Å². The molecule has 2 amide bonds. The van der Waals surface area contributed by atoms with Gasteiger partial charge in [0.05, 0.1) is 16.7 Å². The molecule has 2 aliphatic rings. The largest absolute Gasteiger partial charge is 0.459 e. The number of rotatable bonds is 2. The number of carbonyl (C=O) groups is 3. The van der Waals surface area contributed by atoms with E-state index in [-0.39, 0.29) is 27.9 Å². The molecule has 0 atom stereocenters. The minimum absolute atomic E-state index is 0.0283. The molecule has 6 nitrogen and oxygen atoms in total. The van der Waals surface area contributed by atoms with Crippen molar-refractivity contribution in [3.63, 3.8) is 0 Å². The first kappa shape index (κ1) is 13.8. The molecule has 110 valence electrons. The van der Waals surface area contributed by atoms with Crippen molar-refractivity contribution in [3.05, 3.63) is 34.9 Å². The van der Waals surface area contributed by atoms with Crippen LogP contribution < -0.4 is 0 Å². The maximum atomic E-state index is 12.1. The second-order valence-corrected chi connectivity index (χ2v) is 5.35. The highest BCUT2D eigenvalue weighted by atomic mass is 16.5. The van der Waals surface area contributed by atoms with E-state index in [0.29, 0.717) is 0 Å². The summed E-state index contributed by atoms with van der Waals surface area (Å²) in [6, 6.07) is 4.11. The van der Waals surface area contributed by atoms with Crippen molar-refractivity contribution in [1.82, 2.24) is 5.06 Å². The third-order valence-electron chi connectivity index (χ3n) is 3.93. The first-order chi connectivity index (χ1) is 10.1. The molecule has 0 radical (unpaired) electrons. The second kappa shape index (κ2) is 5.29. The first-order valence-corrected chi connectivity index (χ1v) is 7.00. The van der Waals surface area contributed by atoms with Crippen LogP contribution in [-0.2, 0) is 4.74 Å². The van der Waals surface area contributed by atoms with Gasteiger partial charge in [-0.15, -0.1) is 5.06 Å². The highest BCUT2D eigenvalue weighted by molar-refractivity contribution is 6.20. The molecule has 0 aromatic heterocycles. The van der Waals surface area contributed by atoms with Gasteiger partial charge in [0.2, 0.25) is 0 Å². The molecule has 3 rings (SSSR count). The van der Waals surface area contributed by atoms with Crippen LogP contribution in [0.5, 0.6) is 0 Å². The van der Waals surface area contributed by atoms with Crippen molar-refractivity contribution in [2.75, 3.05) is 0 Å². The SMILES string of the molecule is O=C(OC1CCCCC1)c1ccc2c(c1)C(=O)N(O)C2=O. The Labute approximate surface area is 121 Å². The van der Waals surface area contributed by atoms with Crippen LogP contribution in [0.2, 0.25) is 0 Å². The Morgan fingerprint density at radius 1 is 1.10 bits per heavy atom. The lowest BCUT2D eigenvalue weighted by Gasteiger charge is -2.21. The molecule has 1 saturated carbocycles. The molecule has 6 heteroatoms. The van der Waals surface area contributed by atoms with Crippen LogP contribution in [0.3, 0.4) is 0 Å². The summed E-state index contributed by atoms with van der Waals surface area (Å²) in [5.41, 5.74) is 0.341. The second-order valence-electron chi connectivity index (χ2n) is 5.35. The summed E-state index contributed by atoms with van der Waals surface area (Å²) >= 11 is 0. The van der Waals surface area contributed by atoms with Crippen LogP contribution in [0.15, 0.2) is 18.2 Å². The molecule has 1 heterocycles. The molecule has 1 fully saturated rings. The van der Waals surface area contributed by atoms with Crippen LogP contribution in [0, 0.1) is 0 Å². The summed E-state index contributed by atoms with van der Waals surface area (Å²) in [5, 5.41) is 9.35. The van der Waals surface area contributed by atoms with Crippen molar-refractivity contribution in [1.29, 1.82) is 0 Å². The van der Waals surface area contributed by atoms with Gasteiger partial charge in [-0.25, -0.2) is 4.79 Å². The number of hydroxylamine groups is 2. The van der Waals surface area contributed by atoms with Gasteiger partial charge in [-0.3, -0.25) is 14.8 Å². The quantitative estimate of drug-likeness (QED) is 0.512. The third-order valence-corrected chi connectivity index (χ3v) is 3.93. The topological polar surface area (TPSA) is 83.9 Å². The van der Waals surface area contributed by atoms with Crippen molar-refractivity contribution < 1.29 is 24.3 Å². The fourth-order valence-electron chi connectivity index (χ4n) is 2.76. The number of esters is 1. The van der Waals surface area contributed by atoms with Gasteiger partial charge in [-0.2, -0.15) is 0 Å². The number of ether oxygens (including phenoxy) is 1. The zero-order valence-corrected chi connectivity index (χ0v) is 11.4. The van der Waals surface area contributed by atoms with E-state index < -0.39 is 17.8 Å². The smallest absolute Gasteiger partial charge is 0.338 e. The standard InChI is InChI=1S/C15H15NO5/c17-13-11-7-6-9(8-12(11)14(18)16(13)20)15(19)21-10-4-2-1-3-5-10/h6-8,10,20H,1-5H2. The van der Waals surface area contributed by atoms with E-state index >= 15 is 0 Å². The summed E-state index contributed by atoms with van der Waals surface area (Å²) in [6.45, 7) is 0. The predicted molar refractivity (Wildman–Crippen MR) is 71.0 cm³/mol. The molecule has 1 N–H and O–H groups in total. The van der Waals surface area contributed by atoms with Gasteiger partial charge in [0.25, 0.3) is 11.8 Å². The van der Waals surface area contributed by atoms with E-state index in [9.17, 15) is 19.6 Å². The van der Waals surface area contributed by atoms with Gasteiger partial charge in [-0.1, -0.05) is 6.42 Å². The molecule has 1 aliphatic heterocycles. The summed E-state index contributed by atoms with van der Waals surface area (Å²) < 4.78 is 5.41. The van der Waals surface area contributed by atoms with E-state index in [2.05, 4.69) is 0 Å². The van der Waals surface area contributed by atoms with Crippen LogP contribution in [0.25, 0.3) is 0 Å². The Bertz CT molecular complexity index is 618. The van der Waals surface area contributed by atoms with Gasteiger partial charge >= 0.3 is 5.97 Å². The molecule has 21 heavy (non-hydrogen) atoms. The predicted octanol–water partition coefficient (Wildman–Crippen LogP) is 2.16. The van der Waals surface area contributed by atoms with Crippen LogP contribution in [0.4, 0.5) is 0 Å². The molecule has 0 bridgehead atoms. The molecule has 0 saturated heterocycles. The Balaban J connectivity index is 1.79. The number of nitrogens with zero attached hydrogens (tertiary/aromatic N) is 1. The Morgan fingerprint density at radius 3 is 2.48 bits per heavy atom. The summed E-state index contributed by atoms with van der Waals surface area (Å²) in [7, 11) is 0. The third kappa shape index (κ3) is 2.42. The normalized spacial score (nSPS) is 18.8. The minimum atomic E-state index is -0.817. The monoisotopic (exact) mass is 289 g/mol. The molecule has 0 unspecified atom stereocenters. The lowest BCUT2D eigenvalue weighted by atomic mass is 9.97. The van der Waals surface area contributed by atoms with Crippen LogP contribution >= 0.6 is 0 Å². The Kier molecular flexibility index (Phi) is 3.47. The highest BCUT2D eigenvalue weighted by Gasteiger charge is 2.35. The number of carbonyl (C=O) groups excluding carboxylic acids is 3. The molecule has 0 spiro atoms. The number of fused-ring (bicyclic) bond motifs is 1. The average Bonchev–Trinajstić information content (AvgIpc) is 2.73. The maximum Gasteiger partial charge on any atom is 0.338 e. The molecule has 1 aliphatic carbocycles. The number of imide groups is 1. The zero-order chi connectivity index (χ0) is 15.0. The molecule has 1 aromatic rings. The number of hydrogen-bond donors (Lipinski definition) is 1. The highest BCUT2D eigenvalue weighted by Crippen LogP contribution is 2.25. The van der Waals surface area contributed by atoms with Crippen molar-refractivity contribution in [2.24, 2.45) is 0 Å². The Hall–Kier alpha value is -2.21. The van der Waals surface area contributed by atoms with Crippen molar-refractivity contribution in [2.45, 2.75) is 38.2 Å².